The van der Waals surface area contributed by atoms with Crippen LogP contribution in [0.5, 0.6) is 0 Å². The van der Waals surface area contributed by atoms with Crippen LogP contribution in [0, 0.1) is 0 Å². The van der Waals surface area contributed by atoms with Crippen molar-refractivity contribution in [2.24, 2.45) is 7.05 Å². The number of aromatic nitrogens is 2. The summed E-state index contributed by atoms with van der Waals surface area (Å²) in [5.74, 6) is -0.145. The Kier molecular flexibility index (Phi) is 3.62. The molecule has 2 rings (SSSR count). The summed E-state index contributed by atoms with van der Waals surface area (Å²) in [4.78, 5) is 12.1. The lowest BCUT2D eigenvalue weighted by atomic mass is 9.94. The number of hydrogen-bond acceptors (Lipinski definition) is 2. The smallest absolute Gasteiger partial charge is 0.255 e. The molecule has 1 amide bonds. The zero-order valence-corrected chi connectivity index (χ0v) is 11.9. The molecule has 0 aliphatic carbocycles. The van der Waals surface area contributed by atoms with Crippen LogP contribution in [0.15, 0.2) is 36.7 Å². The summed E-state index contributed by atoms with van der Waals surface area (Å²) in [7, 11) is 1.78. The molecular weight excluding hydrogens is 262 g/mol. The van der Waals surface area contributed by atoms with Gasteiger partial charge in [0.05, 0.1) is 17.3 Å². The number of amides is 1. The Morgan fingerprint density at radius 3 is 2.47 bits per heavy atom. The fourth-order valence-electron chi connectivity index (χ4n) is 1.83. The maximum absolute atomic E-state index is 12.1. The van der Waals surface area contributed by atoms with Crippen molar-refractivity contribution in [1.29, 1.82) is 0 Å². The summed E-state index contributed by atoms with van der Waals surface area (Å²) in [5, 5.41) is 7.66. The number of halogens is 1. The third-order valence-corrected chi connectivity index (χ3v) is 3.21. The van der Waals surface area contributed by atoms with Gasteiger partial charge in [0.25, 0.3) is 5.91 Å². The average molecular weight is 278 g/mol. The van der Waals surface area contributed by atoms with E-state index < -0.39 is 5.54 Å². The number of carbonyl (C=O) groups is 1. The van der Waals surface area contributed by atoms with Crippen molar-refractivity contribution in [3.05, 3.63) is 52.8 Å². The van der Waals surface area contributed by atoms with Gasteiger partial charge in [0, 0.05) is 18.3 Å². The highest BCUT2D eigenvalue weighted by Gasteiger charge is 2.23. The molecule has 1 heterocycles. The van der Waals surface area contributed by atoms with E-state index in [1.165, 1.54) is 0 Å². The molecule has 4 nitrogen and oxygen atoms in total. The first-order valence-electron chi connectivity index (χ1n) is 5.96. The summed E-state index contributed by atoms with van der Waals surface area (Å²) in [6.45, 7) is 3.90. The molecule has 0 atom stereocenters. The average Bonchev–Trinajstić information content (AvgIpc) is 2.76. The molecule has 100 valence electrons. The number of rotatable bonds is 3. The minimum absolute atomic E-state index is 0.145. The summed E-state index contributed by atoms with van der Waals surface area (Å²) >= 11 is 5.87. The van der Waals surface area contributed by atoms with Gasteiger partial charge in [0.1, 0.15) is 0 Å². The third kappa shape index (κ3) is 3.15. The first-order chi connectivity index (χ1) is 8.88. The number of aryl methyl sites for hydroxylation is 1. The van der Waals surface area contributed by atoms with Crippen molar-refractivity contribution in [3.8, 4) is 0 Å². The predicted molar refractivity (Wildman–Crippen MR) is 75.2 cm³/mol. The molecule has 5 heteroatoms. The van der Waals surface area contributed by atoms with Crippen molar-refractivity contribution in [2.75, 3.05) is 0 Å². The molecule has 0 bridgehead atoms. The fraction of sp³-hybridized carbons (Fsp3) is 0.286. The second-order valence-electron chi connectivity index (χ2n) is 4.99. The molecule has 0 saturated heterocycles. The van der Waals surface area contributed by atoms with Crippen LogP contribution in [0.3, 0.4) is 0 Å². The Balaban J connectivity index is 2.17. The largest absolute Gasteiger partial charge is 0.343 e. The lowest BCUT2D eigenvalue weighted by molar-refractivity contribution is 0.0912. The molecule has 0 radical (unpaired) electrons. The van der Waals surface area contributed by atoms with Crippen LogP contribution in [-0.2, 0) is 12.6 Å². The maximum Gasteiger partial charge on any atom is 0.255 e. The van der Waals surface area contributed by atoms with E-state index in [0.717, 1.165) is 5.56 Å². The molecule has 0 unspecified atom stereocenters. The van der Waals surface area contributed by atoms with Crippen LogP contribution in [0.4, 0.5) is 0 Å². The number of benzene rings is 1. The van der Waals surface area contributed by atoms with Crippen molar-refractivity contribution in [3.63, 3.8) is 0 Å². The van der Waals surface area contributed by atoms with Crippen LogP contribution < -0.4 is 5.32 Å². The SMILES string of the molecule is Cn1cc(C(=O)NC(C)(C)c2ccc(Cl)cc2)cn1. The molecular formula is C14H16ClN3O. The van der Waals surface area contributed by atoms with E-state index in [4.69, 9.17) is 11.6 Å². The van der Waals surface area contributed by atoms with Crippen LogP contribution >= 0.6 is 11.6 Å². The van der Waals surface area contributed by atoms with Gasteiger partial charge in [-0.25, -0.2) is 0 Å². The Hall–Kier alpha value is -1.81. The first-order valence-corrected chi connectivity index (χ1v) is 6.33. The Bertz CT molecular complexity index is 587. The summed E-state index contributed by atoms with van der Waals surface area (Å²) in [6.07, 6.45) is 3.24. The standard InChI is InChI=1S/C14H16ClN3O/c1-14(2,11-4-6-12(15)7-5-11)17-13(19)10-8-16-18(3)9-10/h4-9H,1-3H3,(H,17,19). The third-order valence-electron chi connectivity index (χ3n) is 2.96. The molecule has 0 aliphatic rings. The van der Waals surface area contributed by atoms with Crippen LogP contribution in [0.25, 0.3) is 0 Å². The van der Waals surface area contributed by atoms with E-state index in [-0.39, 0.29) is 5.91 Å². The highest BCUT2D eigenvalue weighted by Crippen LogP contribution is 2.22. The molecule has 1 aromatic carbocycles. The number of nitrogens with zero attached hydrogens (tertiary/aromatic N) is 2. The molecule has 0 fully saturated rings. The van der Waals surface area contributed by atoms with E-state index in [0.29, 0.717) is 10.6 Å². The minimum Gasteiger partial charge on any atom is -0.343 e. The molecule has 1 aromatic heterocycles. The van der Waals surface area contributed by atoms with Gasteiger partial charge in [-0.05, 0) is 31.5 Å². The topological polar surface area (TPSA) is 46.9 Å². The van der Waals surface area contributed by atoms with Crippen LogP contribution in [-0.4, -0.2) is 15.7 Å². The molecule has 0 saturated carbocycles. The van der Waals surface area contributed by atoms with Gasteiger partial charge in [-0.2, -0.15) is 5.10 Å². The Morgan fingerprint density at radius 2 is 1.95 bits per heavy atom. The van der Waals surface area contributed by atoms with Crippen molar-refractivity contribution in [1.82, 2.24) is 15.1 Å². The molecule has 2 aromatic rings. The first kappa shape index (κ1) is 13.6. The quantitative estimate of drug-likeness (QED) is 0.938. The van der Waals surface area contributed by atoms with Crippen molar-refractivity contribution >= 4 is 17.5 Å². The van der Waals surface area contributed by atoms with E-state index in [1.54, 1.807) is 24.1 Å². The molecule has 0 spiro atoms. The van der Waals surface area contributed by atoms with Gasteiger partial charge in [-0.1, -0.05) is 23.7 Å². The van der Waals surface area contributed by atoms with Gasteiger partial charge >= 0.3 is 0 Å². The van der Waals surface area contributed by atoms with E-state index >= 15 is 0 Å². The minimum atomic E-state index is -0.475. The van der Waals surface area contributed by atoms with Crippen molar-refractivity contribution in [2.45, 2.75) is 19.4 Å². The monoisotopic (exact) mass is 277 g/mol. The van der Waals surface area contributed by atoms with Crippen LogP contribution in [0.1, 0.15) is 29.8 Å². The number of nitrogens with one attached hydrogen (secondary N) is 1. The van der Waals surface area contributed by atoms with Crippen LogP contribution in [0.2, 0.25) is 5.02 Å². The lowest BCUT2D eigenvalue weighted by Crippen LogP contribution is -2.40. The highest BCUT2D eigenvalue weighted by molar-refractivity contribution is 6.30. The van der Waals surface area contributed by atoms with E-state index in [1.807, 2.05) is 38.1 Å². The Labute approximate surface area is 117 Å². The number of hydrogen-bond donors (Lipinski definition) is 1. The molecule has 0 aliphatic heterocycles. The predicted octanol–water partition coefficient (Wildman–Crippen LogP) is 2.74. The normalized spacial score (nSPS) is 11.4. The van der Waals surface area contributed by atoms with Gasteiger partial charge in [-0.15, -0.1) is 0 Å². The van der Waals surface area contributed by atoms with E-state index in [9.17, 15) is 4.79 Å². The fourth-order valence-corrected chi connectivity index (χ4v) is 1.96. The van der Waals surface area contributed by atoms with Crippen molar-refractivity contribution < 1.29 is 4.79 Å². The number of carbonyl (C=O) groups excluding carboxylic acids is 1. The maximum atomic E-state index is 12.1. The summed E-state index contributed by atoms with van der Waals surface area (Å²) in [5.41, 5.74) is 1.07. The van der Waals surface area contributed by atoms with E-state index in [2.05, 4.69) is 10.4 Å². The Morgan fingerprint density at radius 1 is 1.32 bits per heavy atom. The van der Waals surface area contributed by atoms with Gasteiger partial charge in [-0.3, -0.25) is 9.48 Å². The molecule has 1 N–H and O–H groups in total. The summed E-state index contributed by atoms with van der Waals surface area (Å²) < 4.78 is 1.60. The van der Waals surface area contributed by atoms with Gasteiger partial charge in [0.2, 0.25) is 0 Å². The zero-order chi connectivity index (χ0) is 14.0. The van der Waals surface area contributed by atoms with Gasteiger partial charge < -0.3 is 5.32 Å². The summed E-state index contributed by atoms with van der Waals surface area (Å²) in [6, 6.07) is 7.45. The van der Waals surface area contributed by atoms with Gasteiger partial charge in [0.15, 0.2) is 0 Å². The zero-order valence-electron chi connectivity index (χ0n) is 11.1. The highest BCUT2D eigenvalue weighted by atomic mass is 35.5. The lowest BCUT2D eigenvalue weighted by Gasteiger charge is -2.26. The molecule has 19 heavy (non-hydrogen) atoms. The second kappa shape index (κ2) is 5.05. The second-order valence-corrected chi connectivity index (χ2v) is 5.43.